The second kappa shape index (κ2) is 7.69. The van der Waals surface area contributed by atoms with Gasteiger partial charge in [0.05, 0.1) is 5.69 Å². The quantitative estimate of drug-likeness (QED) is 0.539. The molecule has 0 spiro atoms. The van der Waals surface area contributed by atoms with Crippen LogP contribution in [0.4, 0.5) is 0 Å². The number of oxazole rings is 1. The Kier molecular flexibility index (Phi) is 6.55. The molecular weight excluding hydrogens is 276 g/mol. The van der Waals surface area contributed by atoms with E-state index in [0.29, 0.717) is 18.1 Å². The molecule has 0 radical (unpaired) electrons. The van der Waals surface area contributed by atoms with E-state index < -0.39 is 11.5 Å². The highest BCUT2D eigenvalue weighted by Crippen LogP contribution is 2.23. The van der Waals surface area contributed by atoms with Gasteiger partial charge in [-0.3, -0.25) is 10.1 Å². The van der Waals surface area contributed by atoms with Crippen molar-refractivity contribution >= 4 is 17.7 Å². The van der Waals surface area contributed by atoms with Gasteiger partial charge in [0.2, 0.25) is 0 Å². The first-order chi connectivity index (χ1) is 9.39. The number of hydrogen-bond donors (Lipinski definition) is 2. The maximum atomic E-state index is 11.6. The SMILES string of the molecule is CCC(CCCSc1nc(C)co1)(NC(C)C)C(=O)O. The van der Waals surface area contributed by atoms with E-state index in [1.54, 1.807) is 6.26 Å². The maximum absolute atomic E-state index is 11.6. The Morgan fingerprint density at radius 2 is 2.30 bits per heavy atom. The second-order valence-electron chi connectivity index (χ2n) is 5.25. The molecular formula is C14H24N2O3S. The van der Waals surface area contributed by atoms with Crippen molar-refractivity contribution in [2.45, 2.75) is 63.8 Å². The third-order valence-electron chi connectivity index (χ3n) is 3.15. The molecule has 0 amide bonds. The van der Waals surface area contributed by atoms with Crippen LogP contribution in [-0.2, 0) is 4.79 Å². The lowest BCUT2D eigenvalue weighted by atomic mass is 9.90. The summed E-state index contributed by atoms with van der Waals surface area (Å²) in [6.45, 7) is 7.73. The number of aromatic nitrogens is 1. The van der Waals surface area contributed by atoms with E-state index in [4.69, 9.17) is 4.42 Å². The lowest BCUT2D eigenvalue weighted by Gasteiger charge is -2.31. The minimum absolute atomic E-state index is 0.146. The fourth-order valence-corrected chi connectivity index (χ4v) is 2.94. The number of thioether (sulfide) groups is 1. The highest BCUT2D eigenvalue weighted by molar-refractivity contribution is 7.99. The van der Waals surface area contributed by atoms with Gasteiger partial charge in [0, 0.05) is 11.8 Å². The van der Waals surface area contributed by atoms with Gasteiger partial charge in [-0.2, -0.15) is 0 Å². The summed E-state index contributed by atoms with van der Waals surface area (Å²) in [4.78, 5) is 15.8. The molecule has 0 aliphatic heterocycles. The number of nitrogens with zero attached hydrogens (tertiary/aromatic N) is 1. The van der Waals surface area contributed by atoms with Crippen molar-refractivity contribution in [3.05, 3.63) is 12.0 Å². The second-order valence-corrected chi connectivity index (χ2v) is 6.29. The van der Waals surface area contributed by atoms with Crippen LogP contribution in [0.3, 0.4) is 0 Å². The van der Waals surface area contributed by atoms with Crippen LogP contribution in [0.25, 0.3) is 0 Å². The van der Waals surface area contributed by atoms with Crippen LogP contribution in [0.2, 0.25) is 0 Å². The van der Waals surface area contributed by atoms with Gasteiger partial charge in [-0.05, 0) is 40.0 Å². The highest BCUT2D eigenvalue weighted by atomic mass is 32.2. The zero-order chi connectivity index (χ0) is 15.2. The number of aryl methyl sites for hydroxylation is 1. The van der Waals surface area contributed by atoms with Gasteiger partial charge in [0.25, 0.3) is 5.22 Å². The largest absolute Gasteiger partial charge is 0.480 e. The van der Waals surface area contributed by atoms with E-state index >= 15 is 0 Å². The monoisotopic (exact) mass is 300 g/mol. The number of carboxylic acid groups (broad SMARTS) is 1. The Balaban J connectivity index is 2.48. The summed E-state index contributed by atoms with van der Waals surface area (Å²) < 4.78 is 5.25. The van der Waals surface area contributed by atoms with Gasteiger partial charge in [-0.15, -0.1) is 0 Å². The van der Waals surface area contributed by atoms with Crippen LogP contribution in [0.15, 0.2) is 15.9 Å². The average Bonchev–Trinajstić information content (AvgIpc) is 2.78. The van der Waals surface area contributed by atoms with Crippen molar-refractivity contribution in [2.24, 2.45) is 0 Å². The number of hydrogen-bond acceptors (Lipinski definition) is 5. The van der Waals surface area contributed by atoms with Crippen molar-refractivity contribution in [1.82, 2.24) is 10.3 Å². The van der Waals surface area contributed by atoms with Crippen molar-refractivity contribution in [2.75, 3.05) is 5.75 Å². The number of carbonyl (C=O) groups is 1. The van der Waals surface area contributed by atoms with Crippen LogP contribution >= 0.6 is 11.8 Å². The summed E-state index contributed by atoms with van der Waals surface area (Å²) in [5, 5.41) is 13.3. The average molecular weight is 300 g/mol. The number of nitrogens with one attached hydrogen (secondary N) is 1. The van der Waals surface area contributed by atoms with E-state index in [-0.39, 0.29) is 6.04 Å². The first kappa shape index (κ1) is 17.0. The molecule has 0 fully saturated rings. The van der Waals surface area contributed by atoms with Gasteiger partial charge < -0.3 is 9.52 Å². The third kappa shape index (κ3) is 4.83. The Labute approximate surface area is 124 Å². The Morgan fingerprint density at radius 3 is 2.75 bits per heavy atom. The normalized spacial score (nSPS) is 14.4. The molecule has 114 valence electrons. The number of rotatable bonds is 9. The molecule has 0 aliphatic rings. The fraction of sp³-hybridized carbons (Fsp3) is 0.714. The summed E-state index contributed by atoms with van der Waals surface area (Å²) in [6, 6.07) is 0.146. The van der Waals surface area contributed by atoms with Crippen LogP contribution < -0.4 is 5.32 Å². The Bertz CT molecular complexity index is 434. The van der Waals surface area contributed by atoms with Crippen molar-refractivity contribution in [3.63, 3.8) is 0 Å². The minimum atomic E-state index is -0.832. The Hall–Kier alpha value is -1.01. The molecule has 0 saturated carbocycles. The molecule has 20 heavy (non-hydrogen) atoms. The van der Waals surface area contributed by atoms with Gasteiger partial charge in [-0.1, -0.05) is 18.7 Å². The summed E-state index contributed by atoms with van der Waals surface area (Å²) in [6.07, 6.45) is 3.59. The summed E-state index contributed by atoms with van der Waals surface area (Å²) in [5.74, 6) is 0.0278. The topological polar surface area (TPSA) is 75.4 Å². The molecule has 1 aromatic heterocycles. The molecule has 0 bridgehead atoms. The molecule has 0 aliphatic carbocycles. The number of carboxylic acids is 1. The van der Waals surface area contributed by atoms with E-state index in [2.05, 4.69) is 10.3 Å². The van der Waals surface area contributed by atoms with Crippen molar-refractivity contribution < 1.29 is 14.3 Å². The third-order valence-corrected chi connectivity index (χ3v) is 4.08. The van der Waals surface area contributed by atoms with Crippen molar-refractivity contribution in [3.8, 4) is 0 Å². The molecule has 0 saturated heterocycles. The minimum Gasteiger partial charge on any atom is -0.480 e. The molecule has 1 unspecified atom stereocenters. The molecule has 1 heterocycles. The first-order valence-electron chi connectivity index (χ1n) is 6.95. The van der Waals surface area contributed by atoms with Gasteiger partial charge in [-0.25, -0.2) is 4.98 Å². The smallest absolute Gasteiger partial charge is 0.323 e. The Morgan fingerprint density at radius 1 is 1.60 bits per heavy atom. The molecule has 5 nitrogen and oxygen atoms in total. The lowest BCUT2D eigenvalue weighted by molar-refractivity contribution is -0.145. The zero-order valence-corrected chi connectivity index (χ0v) is 13.4. The van der Waals surface area contributed by atoms with Gasteiger partial charge in [0.1, 0.15) is 11.8 Å². The number of aliphatic carboxylic acids is 1. The van der Waals surface area contributed by atoms with Gasteiger partial charge in [0.15, 0.2) is 0 Å². The van der Waals surface area contributed by atoms with E-state index in [1.165, 1.54) is 11.8 Å². The van der Waals surface area contributed by atoms with E-state index in [1.807, 2.05) is 27.7 Å². The van der Waals surface area contributed by atoms with Crippen LogP contribution in [0.5, 0.6) is 0 Å². The molecule has 6 heteroatoms. The lowest BCUT2D eigenvalue weighted by Crippen LogP contribution is -2.54. The predicted molar refractivity (Wildman–Crippen MR) is 80.1 cm³/mol. The fourth-order valence-electron chi connectivity index (χ4n) is 2.16. The predicted octanol–water partition coefficient (Wildman–Crippen LogP) is 3.09. The summed E-state index contributed by atoms with van der Waals surface area (Å²) in [7, 11) is 0. The summed E-state index contributed by atoms with van der Waals surface area (Å²) in [5.41, 5.74) is 0.0312. The van der Waals surface area contributed by atoms with E-state index in [9.17, 15) is 9.90 Å². The molecule has 1 atom stereocenters. The standard InChI is InChI=1S/C14H24N2O3S/c1-5-14(12(17)18,16-10(2)3)7-6-8-20-13-15-11(4)9-19-13/h9-10,16H,5-8H2,1-4H3,(H,17,18). The van der Waals surface area contributed by atoms with Crippen LogP contribution in [0, 0.1) is 6.92 Å². The van der Waals surface area contributed by atoms with E-state index in [0.717, 1.165) is 17.9 Å². The zero-order valence-electron chi connectivity index (χ0n) is 12.6. The highest BCUT2D eigenvalue weighted by Gasteiger charge is 2.36. The van der Waals surface area contributed by atoms with Gasteiger partial charge >= 0.3 is 5.97 Å². The molecule has 1 rings (SSSR count). The summed E-state index contributed by atoms with van der Waals surface area (Å²) >= 11 is 1.52. The molecule has 0 aromatic carbocycles. The first-order valence-corrected chi connectivity index (χ1v) is 7.94. The molecule has 2 N–H and O–H groups in total. The van der Waals surface area contributed by atoms with Crippen molar-refractivity contribution in [1.29, 1.82) is 0 Å². The maximum Gasteiger partial charge on any atom is 0.323 e. The van der Waals surface area contributed by atoms with Crippen LogP contribution in [0.1, 0.15) is 45.7 Å². The molecule has 1 aromatic rings. The van der Waals surface area contributed by atoms with Crippen LogP contribution in [-0.4, -0.2) is 33.4 Å².